The fourth-order valence-electron chi connectivity index (χ4n) is 0.637. The zero-order valence-corrected chi connectivity index (χ0v) is 6.64. The summed E-state index contributed by atoms with van der Waals surface area (Å²) < 4.78 is 1.75. The van der Waals surface area contributed by atoms with Crippen molar-refractivity contribution in [3.8, 4) is 0 Å². The van der Waals surface area contributed by atoms with Gasteiger partial charge >= 0.3 is 0 Å². The van der Waals surface area contributed by atoms with Gasteiger partial charge in [0.05, 0.1) is 12.8 Å². The van der Waals surface area contributed by atoms with Crippen LogP contribution in [0.3, 0.4) is 0 Å². The third-order valence-electron chi connectivity index (χ3n) is 1.04. The van der Waals surface area contributed by atoms with Gasteiger partial charge in [0.25, 0.3) is 0 Å². The van der Waals surface area contributed by atoms with Gasteiger partial charge in [-0.15, -0.1) is 11.8 Å². The molecule has 0 atom stereocenters. The molecule has 10 heavy (non-hydrogen) atoms. The molecule has 0 fully saturated rings. The minimum absolute atomic E-state index is 0.222. The van der Waals surface area contributed by atoms with E-state index in [0.717, 1.165) is 10.6 Å². The van der Waals surface area contributed by atoms with Crippen LogP contribution in [0, 0.1) is 0 Å². The molecule has 1 rings (SSSR count). The van der Waals surface area contributed by atoms with Crippen molar-refractivity contribution in [1.82, 2.24) is 9.78 Å². The summed E-state index contributed by atoms with van der Waals surface area (Å²) in [6.45, 7) is 0.222. The van der Waals surface area contributed by atoms with Gasteiger partial charge in [-0.1, -0.05) is 0 Å². The van der Waals surface area contributed by atoms with Crippen molar-refractivity contribution in [2.24, 2.45) is 7.05 Å². The monoisotopic (exact) mass is 158 g/mol. The normalized spacial score (nSPS) is 10.2. The average molecular weight is 158 g/mol. The molecule has 1 aromatic heterocycles. The number of aliphatic hydroxyl groups excluding tert-OH is 1. The fourth-order valence-corrected chi connectivity index (χ4v) is 1.31. The minimum atomic E-state index is 0.222. The third-order valence-corrected chi connectivity index (χ3v) is 1.97. The molecule has 0 bridgehead atoms. The number of aromatic nitrogens is 2. The fraction of sp³-hybridized carbons (Fsp3) is 0.500. The highest BCUT2D eigenvalue weighted by molar-refractivity contribution is 7.99. The standard InChI is InChI=1S/C6H10N2OS/c1-8-5-6(4-7-8)10-3-2-9/h4-5,9H,2-3H2,1H3. The molecule has 0 saturated heterocycles. The summed E-state index contributed by atoms with van der Waals surface area (Å²) in [4.78, 5) is 1.11. The highest BCUT2D eigenvalue weighted by Gasteiger charge is 1.93. The van der Waals surface area contributed by atoms with Crippen molar-refractivity contribution in [2.45, 2.75) is 4.90 Å². The van der Waals surface area contributed by atoms with Gasteiger partial charge < -0.3 is 5.11 Å². The van der Waals surface area contributed by atoms with Crippen molar-refractivity contribution in [1.29, 1.82) is 0 Å². The molecule has 0 aromatic carbocycles. The number of aryl methyl sites for hydroxylation is 1. The molecule has 0 aliphatic heterocycles. The quantitative estimate of drug-likeness (QED) is 0.651. The number of rotatable bonds is 3. The Labute approximate surface area is 64.1 Å². The van der Waals surface area contributed by atoms with Crippen molar-refractivity contribution in [3.63, 3.8) is 0 Å². The summed E-state index contributed by atoms with van der Waals surface area (Å²) in [5, 5.41) is 12.5. The molecule has 1 N–H and O–H groups in total. The molecule has 0 saturated carbocycles. The van der Waals surface area contributed by atoms with Gasteiger partial charge in [0.1, 0.15) is 0 Å². The largest absolute Gasteiger partial charge is 0.396 e. The maximum atomic E-state index is 8.49. The van der Waals surface area contributed by atoms with Crippen LogP contribution in [0.1, 0.15) is 0 Å². The molecule has 0 amide bonds. The molecule has 1 heterocycles. The van der Waals surface area contributed by atoms with E-state index >= 15 is 0 Å². The molecule has 0 aliphatic carbocycles. The van der Waals surface area contributed by atoms with E-state index < -0.39 is 0 Å². The van der Waals surface area contributed by atoms with Gasteiger partial charge in [0, 0.05) is 23.9 Å². The zero-order chi connectivity index (χ0) is 7.40. The van der Waals surface area contributed by atoms with Crippen LogP contribution in [0.5, 0.6) is 0 Å². The van der Waals surface area contributed by atoms with Gasteiger partial charge in [-0.05, 0) is 0 Å². The lowest BCUT2D eigenvalue weighted by Gasteiger charge is -1.90. The average Bonchev–Trinajstić information content (AvgIpc) is 2.31. The lowest BCUT2D eigenvalue weighted by atomic mass is 10.7. The highest BCUT2D eigenvalue weighted by Crippen LogP contribution is 2.14. The van der Waals surface area contributed by atoms with Crippen molar-refractivity contribution < 1.29 is 5.11 Å². The van der Waals surface area contributed by atoms with E-state index in [1.807, 2.05) is 13.2 Å². The van der Waals surface area contributed by atoms with E-state index in [1.165, 1.54) is 0 Å². The second-order valence-corrected chi connectivity index (χ2v) is 3.09. The van der Waals surface area contributed by atoms with Gasteiger partial charge in [-0.2, -0.15) is 5.10 Å². The van der Waals surface area contributed by atoms with Crippen molar-refractivity contribution in [2.75, 3.05) is 12.4 Å². The summed E-state index contributed by atoms with van der Waals surface area (Å²) >= 11 is 1.61. The van der Waals surface area contributed by atoms with Crippen LogP contribution in [-0.4, -0.2) is 27.2 Å². The second kappa shape index (κ2) is 3.63. The van der Waals surface area contributed by atoms with Crippen molar-refractivity contribution >= 4 is 11.8 Å². The molecule has 0 radical (unpaired) electrons. The van der Waals surface area contributed by atoms with Crippen LogP contribution in [0.2, 0.25) is 0 Å². The van der Waals surface area contributed by atoms with Crippen LogP contribution in [0.15, 0.2) is 17.3 Å². The van der Waals surface area contributed by atoms with Crippen LogP contribution >= 0.6 is 11.8 Å². The molecular weight excluding hydrogens is 148 g/mol. The Morgan fingerprint density at radius 1 is 1.80 bits per heavy atom. The molecule has 0 spiro atoms. The Bertz CT molecular complexity index is 199. The Balaban J connectivity index is 2.42. The van der Waals surface area contributed by atoms with E-state index in [-0.39, 0.29) is 6.61 Å². The summed E-state index contributed by atoms with van der Waals surface area (Å²) in [5.41, 5.74) is 0. The number of nitrogens with zero attached hydrogens (tertiary/aromatic N) is 2. The molecule has 4 heteroatoms. The zero-order valence-electron chi connectivity index (χ0n) is 5.82. The Kier molecular flexibility index (Phi) is 2.77. The summed E-state index contributed by atoms with van der Waals surface area (Å²) in [6.07, 6.45) is 3.72. The summed E-state index contributed by atoms with van der Waals surface area (Å²) in [5.74, 6) is 0.742. The lowest BCUT2D eigenvalue weighted by molar-refractivity contribution is 0.322. The maximum Gasteiger partial charge on any atom is 0.0625 e. The number of aliphatic hydroxyl groups is 1. The van der Waals surface area contributed by atoms with E-state index in [2.05, 4.69) is 5.10 Å². The van der Waals surface area contributed by atoms with E-state index in [0.29, 0.717) is 0 Å². The van der Waals surface area contributed by atoms with E-state index in [1.54, 1.807) is 22.6 Å². The second-order valence-electron chi connectivity index (χ2n) is 1.92. The van der Waals surface area contributed by atoms with Gasteiger partial charge in [0.2, 0.25) is 0 Å². The number of hydrogen-bond donors (Lipinski definition) is 1. The molecule has 0 unspecified atom stereocenters. The molecule has 0 aliphatic rings. The van der Waals surface area contributed by atoms with Gasteiger partial charge in [-0.3, -0.25) is 4.68 Å². The Morgan fingerprint density at radius 2 is 2.60 bits per heavy atom. The lowest BCUT2D eigenvalue weighted by Crippen LogP contribution is -1.85. The Hall–Kier alpha value is -0.480. The number of hydrogen-bond acceptors (Lipinski definition) is 3. The van der Waals surface area contributed by atoms with Crippen molar-refractivity contribution in [3.05, 3.63) is 12.4 Å². The van der Waals surface area contributed by atoms with Crippen LogP contribution < -0.4 is 0 Å². The SMILES string of the molecule is Cn1cc(SCCO)cn1. The Morgan fingerprint density at radius 3 is 3.10 bits per heavy atom. The van der Waals surface area contributed by atoms with E-state index in [4.69, 9.17) is 5.11 Å². The molecule has 3 nitrogen and oxygen atoms in total. The van der Waals surface area contributed by atoms with Crippen LogP contribution in [0.4, 0.5) is 0 Å². The first-order chi connectivity index (χ1) is 4.83. The van der Waals surface area contributed by atoms with E-state index in [9.17, 15) is 0 Å². The van der Waals surface area contributed by atoms with Crippen LogP contribution in [-0.2, 0) is 7.05 Å². The predicted molar refractivity (Wildman–Crippen MR) is 41.0 cm³/mol. The predicted octanol–water partition coefficient (Wildman–Crippen LogP) is 0.504. The summed E-state index contributed by atoms with van der Waals surface area (Å²) in [7, 11) is 1.88. The van der Waals surface area contributed by atoms with Gasteiger partial charge in [0.15, 0.2) is 0 Å². The third kappa shape index (κ3) is 2.04. The topological polar surface area (TPSA) is 38.0 Å². The number of thioether (sulfide) groups is 1. The van der Waals surface area contributed by atoms with Crippen LogP contribution in [0.25, 0.3) is 0 Å². The molecule has 1 aromatic rings. The highest BCUT2D eigenvalue weighted by atomic mass is 32.2. The van der Waals surface area contributed by atoms with Gasteiger partial charge in [-0.25, -0.2) is 0 Å². The maximum absolute atomic E-state index is 8.49. The first kappa shape index (κ1) is 7.63. The molecular formula is C6H10N2OS. The first-order valence-electron chi connectivity index (χ1n) is 3.05. The molecule has 56 valence electrons. The minimum Gasteiger partial charge on any atom is -0.396 e. The first-order valence-corrected chi connectivity index (χ1v) is 4.04. The summed E-state index contributed by atoms with van der Waals surface area (Å²) in [6, 6.07) is 0. The smallest absolute Gasteiger partial charge is 0.0625 e.